The zero-order valence-corrected chi connectivity index (χ0v) is 10.8. The maximum atomic E-state index is 3.62. The first kappa shape index (κ1) is 11.3. The minimum atomic E-state index is 0.661. The molecule has 3 rings (SSSR count). The number of nitrogens with one attached hydrogen (secondary N) is 1. The zero-order chi connectivity index (χ0) is 11.7. The molecule has 1 aromatic carbocycles. The molecular weight excluding hydrogens is 206 g/mol. The van der Waals surface area contributed by atoms with E-state index in [1.807, 2.05) is 0 Å². The van der Waals surface area contributed by atoms with Crippen LogP contribution in [0.4, 0.5) is 0 Å². The molecule has 17 heavy (non-hydrogen) atoms. The minimum Gasteiger partial charge on any atom is -0.312 e. The van der Waals surface area contributed by atoms with Gasteiger partial charge in [-0.25, -0.2) is 0 Å². The Labute approximate surface area is 105 Å². The Morgan fingerprint density at radius 2 is 1.88 bits per heavy atom. The van der Waals surface area contributed by atoms with E-state index in [1.54, 1.807) is 5.56 Å². The molecule has 1 heteroatoms. The van der Waals surface area contributed by atoms with Crippen LogP contribution in [0.5, 0.6) is 0 Å². The van der Waals surface area contributed by atoms with Crippen molar-refractivity contribution in [2.75, 3.05) is 6.54 Å². The maximum Gasteiger partial charge on any atom is 0.0205 e. The van der Waals surface area contributed by atoms with E-state index in [4.69, 9.17) is 0 Å². The van der Waals surface area contributed by atoms with Crippen molar-refractivity contribution in [1.82, 2.24) is 5.32 Å². The largest absolute Gasteiger partial charge is 0.312 e. The van der Waals surface area contributed by atoms with Gasteiger partial charge < -0.3 is 5.32 Å². The van der Waals surface area contributed by atoms with Crippen molar-refractivity contribution in [3.63, 3.8) is 0 Å². The summed E-state index contributed by atoms with van der Waals surface area (Å²) in [4.78, 5) is 0. The first-order chi connectivity index (χ1) is 8.31. The molecule has 0 heterocycles. The van der Waals surface area contributed by atoms with Gasteiger partial charge in [-0.05, 0) is 54.6 Å². The van der Waals surface area contributed by atoms with Gasteiger partial charge in [0.15, 0.2) is 0 Å². The van der Waals surface area contributed by atoms with Gasteiger partial charge in [0.2, 0.25) is 0 Å². The summed E-state index contributed by atoms with van der Waals surface area (Å²) < 4.78 is 0. The predicted octanol–water partition coefficient (Wildman–Crippen LogP) is 3.84. The molecule has 0 bridgehead atoms. The molecule has 2 saturated carbocycles. The Kier molecular flexibility index (Phi) is 2.96. The molecule has 0 unspecified atom stereocenters. The second kappa shape index (κ2) is 4.45. The standard InChI is InChI=1S/C16H23N/c1-2-16(9-10-16)12-17-11-13-3-5-14(6-4-13)15-7-8-15/h3-6,15,17H,2,7-12H2,1H3. The van der Waals surface area contributed by atoms with Gasteiger partial charge >= 0.3 is 0 Å². The lowest BCUT2D eigenvalue weighted by Gasteiger charge is -2.13. The highest BCUT2D eigenvalue weighted by Gasteiger charge is 2.39. The molecule has 2 aliphatic carbocycles. The number of rotatable bonds is 6. The van der Waals surface area contributed by atoms with Gasteiger partial charge in [0, 0.05) is 13.1 Å². The molecule has 0 atom stereocenters. The summed E-state index contributed by atoms with van der Waals surface area (Å²) in [7, 11) is 0. The quantitative estimate of drug-likeness (QED) is 0.781. The van der Waals surface area contributed by atoms with Gasteiger partial charge in [-0.15, -0.1) is 0 Å². The van der Waals surface area contributed by atoms with Crippen LogP contribution in [0.1, 0.15) is 56.1 Å². The van der Waals surface area contributed by atoms with Gasteiger partial charge in [-0.3, -0.25) is 0 Å². The molecule has 0 radical (unpaired) electrons. The maximum absolute atomic E-state index is 3.62. The van der Waals surface area contributed by atoms with Crippen LogP contribution in [0, 0.1) is 5.41 Å². The van der Waals surface area contributed by atoms with E-state index in [2.05, 4.69) is 36.5 Å². The van der Waals surface area contributed by atoms with Gasteiger partial charge in [-0.1, -0.05) is 31.2 Å². The summed E-state index contributed by atoms with van der Waals surface area (Å²) in [5.41, 5.74) is 3.63. The van der Waals surface area contributed by atoms with Crippen molar-refractivity contribution in [3.8, 4) is 0 Å². The fourth-order valence-corrected chi connectivity index (χ4v) is 2.63. The van der Waals surface area contributed by atoms with Gasteiger partial charge in [-0.2, -0.15) is 0 Å². The van der Waals surface area contributed by atoms with Crippen LogP contribution in [0.25, 0.3) is 0 Å². The minimum absolute atomic E-state index is 0.661. The monoisotopic (exact) mass is 229 g/mol. The first-order valence-electron chi connectivity index (χ1n) is 7.11. The molecule has 0 aliphatic heterocycles. The van der Waals surface area contributed by atoms with E-state index in [9.17, 15) is 0 Å². The highest BCUT2D eigenvalue weighted by Crippen LogP contribution is 2.47. The second-order valence-electron chi connectivity index (χ2n) is 5.97. The van der Waals surface area contributed by atoms with Gasteiger partial charge in [0.25, 0.3) is 0 Å². The van der Waals surface area contributed by atoms with E-state index in [-0.39, 0.29) is 0 Å². The smallest absolute Gasteiger partial charge is 0.0205 e. The van der Waals surface area contributed by atoms with E-state index in [0.717, 1.165) is 12.5 Å². The number of hydrogen-bond donors (Lipinski definition) is 1. The van der Waals surface area contributed by atoms with E-state index >= 15 is 0 Å². The highest BCUT2D eigenvalue weighted by molar-refractivity contribution is 5.27. The Bertz CT molecular complexity index is 371. The molecule has 2 fully saturated rings. The molecule has 1 N–H and O–H groups in total. The molecular formula is C16H23N. The van der Waals surface area contributed by atoms with Crippen LogP contribution in [0.3, 0.4) is 0 Å². The molecule has 0 aromatic heterocycles. The molecule has 1 nitrogen and oxygen atoms in total. The van der Waals surface area contributed by atoms with Crippen LogP contribution in [-0.2, 0) is 6.54 Å². The van der Waals surface area contributed by atoms with Crippen LogP contribution in [-0.4, -0.2) is 6.54 Å². The summed E-state index contributed by atoms with van der Waals surface area (Å²) >= 11 is 0. The van der Waals surface area contributed by atoms with Gasteiger partial charge in [0.1, 0.15) is 0 Å². The summed E-state index contributed by atoms with van der Waals surface area (Å²) in [6.45, 7) is 4.56. The van der Waals surface area contributed by atoms with Crippen molar-refractivity contribution in [2.45, 2.75) is 51.5 Å². The van der Waals surface area contributed by atoms with Crippen LogP contribution >= 0.6 is 0 Å². The Morgan fingerprint density at radius 3 is 2.41 bits per heavy atom. The van der Waals surface area contributed by atoms with Crippen LogP contribution in [0.2, 0.25) is 0 Å². The van der Waals surface area contributed by atoms with Crippen LogP contribution in [0.15, 0.2) is 24.3 Å². The average Bonchev–Trinajstić information content (AvgIpc) is 3.25. The second-order valence-corrected chi connectivity index (χ2v) is 5.97. The number of benzene rings is 1. The Hall–Kier alpha value is -0.820. The lowest BCUT2D eigenvalue weighted by molar-refractivity contribution is 0.443. The fourth-order valence-electron chi connectivity index (χ4n) is 2.63. The predicted molar refractivity (Wildman–Crippen MR) is 72.1 cm³/mol. The molecule has 0 amide bonds. The fraction of sp³-hybridized carbons (Fsp3) is 0.625. The van der Waals surface area contributed by atoms with Crippen molar-refractivity contribution >= 4 is 0 Å². The molecule has 0 saturated heterocycles. The third-order valence-corrected chi connectivity index (χ3v) is 4.56. The summed E-state index contributed by atoms with van der Waals surface area (Å²) in [6, 6.07) is 9.24. The topological polar surface area (TPSA) is 12.0 Å². The lowest BCUT2D eigenvalue weighted by Crippen LogP contribution is -2.23. The van der Waals surface area contributed by atoms with E-state index in [0.29, 0.717) is 5.41 Å². The van der Waals surface area contributed by atoms with Crippen molar-refractivity contribution in [1.29, 1.82) is 0 Å². The Morgan fingerprint density at radius 1 is 1.18 bits per heavy atom. The lowest BCUT2D eigenvalue weighted by atomic mass is 10.0. The van der Waals surface area contributed by atoms with Crippen molar-refractivity contribution in [3.05, 3.63) is 35.4 Å². The first-order valence-corrected chi connectivity index (χ1v) is 7.11. The summed E-state index contributed by atoms with van der Waals surface area (Å²) in [5, 5.41) is 3.62. The third kappa shape index (κ3) is 2.71. The molecule has 1 aromatic rings. The van der Waals surface area contributed by atoms with Gasteiger partial charge in [0.05, 0.1) is 0 Å². The van der Waals surface area contributed by atoms with E-state index in [1.165, 1.54) is 44.2 Å². The van der Waals surface area contributed by atoms with Crippen LogP contribution < -0.4 is 5.32 Å². The van der Waals surface area contributed by atoms with E-state index < -0.39 is 0 Å². The third-order valence-electron chi connectivity index (χ3n) is 4.56. The molecule has 92 valence electrons. The summed E-state index contributed by atoms with van der Waals surface area (Å²) in [6.07, 6.45) is 6.99. The SMILES string of the molecule is CCC1(CNCc2ccc(C3CC3)cc2)CC1. The van der Waals surface area contributed by atoms with Crippen molar-refractivity contribution in [2.24, 2.45) is 5.41 Å². The van der Waals surface area contributed by atoms with Crippen molar-refractivity contribution < 1.29 is 0 Å². The summed E-state index contributed by atoms with van der Waals surface area (Å²) in [5.74, 6) is 0.881. The molecule has 0 spiro atoms. The number of hydrogen-bond acceptors (Lipinski definition) is 1. The highest BCUT2D eigenvalue weighted by atomic mass is 14.9. The average molecular weight is 229 g/mol. The Balaban J connectivity index is 1.47. The zero-order valence-electron chi connectivity index (χ0n) is 10.8. The molecule has 2 aliphatic rings. The normalized spacial score (nSPS) is 21.5.